The van der Waals surface area contributed by atoms with Gasteiger partial charge in [-0.15, -0.1) is 0 Å². The van der Waals surface area contributed by atoms with E-state index in [9.17, 15) is 0 Å². The van der Waals surface area contributed by atoms with Crippen molar-refractivity contribution in [1.29, 1.82) is 0 Å². The first-order valence-corrected chi connectivity index (χ1v) is 15.9. The molecule has 0 aromatic heterocycles. The van der Waals surface area contributed by atoms with Gasteiger partial charge in [-0.25, -0.2) is 0 Å². The third-order valence-corrected chi connectivity index (χ3v) is 17.3. The second-order valence-corrected chi connectivity index (χ2v) is 18.2. The van der Waals surface area contributed by atoms with Gasteiger partial charge in [0, 0.05) is 0 Å². The molecule has 0 atom stereocenters. The molecule has 3 nitrogen and oxygen atoms in total. The maximum atomic E-state index is 5.91. The van der Waals surface area contributed by atoms with E-state index in [-0.39, 0.29) is 0 Å². The van der Waals surface area contributed by atoms with Crippen LogP contribution in [-0.2, 0) is 14.2 Å². The van der Waals surface area contributed by atoms with Crippen LogP contribution in [-0.4, -0.2) is 46.3 Å². The van der Waals surface area contributed by atoms with E-state index < -0.39 is 4.25 Å². The molecule has 0 fully saturated rings. The third-order valence-electron chi connectivity index (χ3n) is 5.55. The molecule has 0 amide bonds. The van der Waals surface area contributed by atoms with E-state index in [1.165, 1.54) is 15.9 Å². The van der Waals surface area contributed by atoms with E-state index in [0.29, 0.717) is 26.4 Å². The topological polar surface area (TPSA) is 27.7 Å². The van der Waals surface area contributed by atoms with Crippen LogP contribution in [0, 0.1) is 0 Å². The molecule has 5 heteroatoms. The summed E-state index contributed by atoms with van der Waals surface area (Å²) in [5.41, 5.74) is 0. The Labute approximate surface area is 199 Å². The predicted octanol–water partition coefficient (Wildman–Crippen LogP) is 4.94. The van der Waals surface area contributed by atoms with Gasteiger partial charge in [-0.2, -0.15) is 0 Å². The normalized spacial score (nSPS) is 12.9. The van der Waals surface area contributed by atoms with Gasteiger partial charge in [0.05, 0.1) is 0 Å². The molecule has 0 radical (unpaired) electrons. The number of benzene rings is 3. The van der Waals surface area contributed by atoms with Gasteiger partial charge in [0.15, 0.2) is 0 Å². The zero-order valence-corrected chi connectivity index (χ0v) is 21.2. The Morgan fingerprint density at radius 2 is 0.968 bits per heavy atom. The first-order chi connectivity index (χ1) is 15.2. The second kappa shape index (κ2) is 12.1. The number of hydrogen-bond acceptors (Lipinski definition) is 3. The SMILES string of the molecule is COCCOCCOCCCP(I)(c1ccccc1)(c1ccccc1)c1ccccc1. The molecule has 3 aromatic rings. The minimum atomic E-state index is -2.68. The first-order valence-electron chi connectivity index (χ1n) is 10.7. The molecule has 0 aliphatic carbocycles. The van der Waals surface area contributed by atoms with Crippen LogP contribution in [0.3, 0.4) is 0 Å². The van der Waals surface area contributed by atoms with E-state index in [2.05, 4.69) is 113 Å². The quantitative estimate of drug-likeness (QED) is 0.172. The van der Waals surface area contributed by atoms with E-state index >= 15 is 0 Å². The van der Waals surface area contributed by atoms with Gasteiger partial charge < -0.3 is 0 Å². The number of hydrogen-bond donors (Lipinski definition) is 0. The number of ether oxygens (including phenoxy) is 3. The summed E-state index contributed by atoms with van der Waals surface area (Å²) in [6.45, 7) is 3.17. The zero-order valence-electron chi connectivity index (χ0n) is 18.2. The Hall–Kier alpha value is -1.30. The fourth-order valence-electron chi connectivity index (χ4n) is 3.98. The summed E-state index contributed by atoms with van der Waals surface area (Å²) in [4.78, 5) is 0. The van der Waals surface area contributed by atoms with Crippen LogP contribution in [0.5, 0.6) is 0 Å². The Morgan fingerprint density at radius 1 is 0.581 bits per heavy atom. The minimum absolute atomic E-state index is 0.604. The molecule has 0 N–H and O–H groups in total. The molecule has 0 saturated carbocycles. The Morgan fingerprint density at radius 3 is 1.39 bits per heavy atom. The average molecular weight is 550 g/mol. The standard InChI is InChI=1S/C26H32IO3P/c1-28-19-20-30-22-21-29-18-11-23-31(27,24-12-5-2-6-13-24,25-14-7-3-8-15-25)26-16-9-4-10-17-26/h2-10,12-17H,11,18-23H2,1H3. The first kappa shape index (κ1) is 24.3. The van der Waals surface area contributed by atoms with Gasteiger partial charge in [-0.1, -0.05) is 0 Å². The second-order valence-electron chi connectivity index (χ2n) is 7.48. The summed E-state index contributed by atoms with van der Waals surface area (Å²) in [6, 6.07) is 33.1. The van der Waals surface area contributed by atoms with E-state index in [0.717, 1.165) is 19.2 Å². The molecule has 0 saturated heterocycles. The van der Waals surface area contributed by atoms with Crippen LogP contribution in [0.1, 0.15) is 6.42 Å². The predicted molar refractivity (Wildman–Crippen MR) is 142 cm³/mol. The Kier molecular flexibility index (Phi) is 9.48. The monoisotopic (exact) mass is 550 g/mol. The van der Waals surface area contributed by atoms with Crippen molar-refractivity contribution in [3.63, 3.8) is 0 Å². The van der Waals surface area contributed by atoms with Crippen molar-refractivity contribution in [3.05, 3.63) is 91.0 Å². The average Bonchev–Trinajstić information content (AvgIpc) is 2.84. The van der Waals surface area contributed by atoms with Crippen LogP contribution >= 0.6 is 26.3 Å². The van der Waals surface area contributed by atoms with Crippen molar-refractivity contribution in [3.8, 4) is 0 Å². The van der Waals surface area contributed by atoms with Crippen LogP contribution in [0.4, 0.5) is 0 Å². The van der Waals surface area contributed by atoms with Crippen molar-refractivity contribution >= 4 is 42.2 Å². The van der Waals surface area contributed by atoms with E-state index in [1.54, 1.807) is 7.11 Å². The summed E-state index contributed by atoms with van der Waals surface area (Å²) in [6.07, 6.45) is 2.03. The molecule has 0 heterocycles. The summed E-state index contributed by atoms with van der Waals surface area (Å²) >= 11 is 2.83. The summed E-state index contributed by atoms with van der Waals surface area (Å²) < 4.78 is 13.7. The fraction of sp³-hybridized carbons (Fsp3) is 0.308. The molecule has 0 unspecified atom stereocenters. The van der Waals surface area contributed by atoms with Gasteiger partial charge in [-0.3, -0.25) is 0 Å². The molecule has 3 rings (SSSR count). The molecule has 31 heavy (non-hydrogen) atoms. The Balaban J connectivity index is 1.85. The summed E-state index contributed by atoms with van der Waals surface area (Å²) in [5.74, 6) is 0. The molecular formula is C26H32IO3P. The molecule has 166 valence electrons. The molecular weight excluding hydrogens is 518 g/mol. The van der Waals surface area contributed by atoms with Gasteiger partial charge in [0.2, 0.25) is 0 Å². The van der Waals surface area contributed by atoms with Crippen molar-refractivity contribution in [2.45, 2.75) is 6.42 Å². The third kappa shape index (κ3) is 5.74. The molecule has 0 bridgehead atoms. The van der Waals surface area contributed by atoms with Crippen molar-refractivity contribution in [2.75, 3.05) is 46.3 Å². The van der Waals surface area contributed by atoms with Crippen LogP contribution in [0.2, 0.25) is 0 Å². The van der Waals surface area contributed by atoms with Gasteiger partial charge >= 0.3 is 200 Å². The van der Waals surface area contributed by atoms with Crippen LogP contribution in [0.25, 0.3) is 0 Å². The van der Waals surface area contributed by atoms with Gasteiger partial charge in [-0.05, 0) is 0 Å². The maximum absolute atomic E-state index is 5.91. The van der Waals surface area contributed by atoms with Crippen LogP contribution in [0.15, 0.2) is 91.0 Å². The Bertz CT molecular complexity index is 791. The van der Waals surface area contributed by atoms with Crippen molar-refractivity contribution < 1.29 is 14.2 Å². The zero-order chi connectivity index (χ0) is 21.9. The molecule has 0 aliphatic rings. The molecule has 3 aromatic carbocycles. The number of methoxy groups -OCH3 is 1. The van der Waals surface area contributed by atoms with Gasteiger partial charge in [0.1, 0.15) is 0 Å². The molecule has 0 aliphatic heterocycles. The number of rotatable bonds is 13. The van der Waals surface area contributed by atoms with E-state index in [1.807, 2.05) is 0 Å². The number of halogens is 1. The van der Waals surface area contributed by atoms with Crippen molar-refractivity contribution in [2.24, 2.45) is 0 Å². The fourth-order valence-corrected chi connectivity index (χ4v) is 12.7. The van der Waals surface area contributed by atoms with Crippen LogP contribution < -0.4 is 15.9 Å². The summed E-state index contributed by atoms with van der Waals surface area (Å²) in [5, 5.41) is 4.23. The van der Waals surface area contributed by atoms with Gasteiger partial charge in [0.25, 0.3) is 0 Å². The van der Waals surface area contributed by atoms with E-state index in [4.69, 9.17) is 14.2 Å². The summed E-state index contributed by atoms with van der Waals surface area (Å²) in [7, 11) is 1.68. The molecule has 0 spiro atoms. The van der Waals surface area contributed by atoms with Crippen molar-refractivity contribution in [1.82, 2.24) is 0 Å².